The van der Waals surface area contributed by atoms with Crippen LogP contribution in [-0.4, -0.2) is 0 Å². The van der Waals surface area contributed by atoms with E-state index in [1.807, 2.05) is 0 Å². The third-order valence-corrected chi connectivity index (χ3v) is 13.0. The SMILES string of the molecule is C(=Cc1c2ccccc2c(-c2cc(-c3c4ccccc4cc4ccccc34)cc(-c3c4ccccc4c(/C=C/c4ccccc4)c4ccccc34)c2)c2ccccc12)c1ccccc1. The Bertz CT molecular complexity index is 3450. The average molecular weight is 811 g/mol. The second-order valence-electron chi connectivity index (χ2n) is 16.7. The predicted octanol–water partition coefficient (Wildman–Crippen LogP) is 17.9. The smallest absolute Gasteiger partial charge is 0.00259 e. The maximum atomic E-state index is 2.47. The molecular weight excluding hydrogens is 769 g/mol. The molecule has 0 atom stereocenters. The summed E-state index contributed by atoms with van der Waals surface area (Å²) in [6.07, 6.45) is 9.10. The van der Waals surface area contributed by atoms with Crippen LogP contribution in [0.25, 0.3) is 122 Å². The zero-order valence-corrected chi connectivity index (χ0v) is 35.2. The van der Waals surface area contributed by atoms with Crippen LogP contribution in [0.4, 0.5) is 0 Å². The van der Waals surface area contributed by atoms with Gasteiger partial charge in [-0.05, 0) is 145 Å². The highest BCUT2D eigenvalue weighted by Crippen LogP contribution is 2.47. The number of hydrogen-bond acceptors (Lipinski definition) is 0. The minimum Gasteiger partial charge on any atom is -0.0622 e. The fourth-order valence-electron chi connectivity index (χ4n) is 10.2. The highest BCUT2D eigenvalue weighted by Gasteiger charge is 2.21. The Balaban J connectivity index is 1.20. The summed E-state index contributed by atoms with van der Waals surface area (Å²) in [5, 5.41) is 14.8. The van der Waals surface area contributed by atoms with Crippen molar-refractivity contribution in [3.63, 3.8) is 0 Å². The second kappa shape index (κ2) is 15.9. The second-order valence-corrected chi connectivity index (χ2v) is 16.7. The molecule has 0 spiro atoms. The van der Waals surface area contributed by atoms with Crippen molar-refractivity contribution in [2.75, 3.05) is 0 Å². The van der Waals surface area contributed by atoms with Crippen molar-refractivity contribution in [2.24, 2.45) is 0 Å². The van der Waals surface area contributed by atoms with Crippen molar-refractivity contribution in [1.82, 2.24) is 0 Å². The lowest BCUT2D eigenvalue weighted by atomic mass is 9.82. The van der Waals surface area contributed by atoms with Crippen LogP contribution in [-0.2, 0) is 0 Å². The first-order chi connectivity index (χ1) is 31.8. The zero-order chi connectivity index (χ0) is 42.4. The lowest BCUT2D eigenvalue weighted by Gasteiger charge is -2.21. The standard InChI is InChI=1S/C64H42/c1-3-19-43(20-4-1)35-37-56-52-27-11-15-31-58(52)63(59-32-16-12-28-53(56)59)48-40-47(62-50-25-9-7-23-45(50)39-46-24-8-10-26-51(46)62)41-49(42-48)64-60-33-17-13-29-54(60)57(55-30-14-18-34-61(55)64)38-36-44-21-5-2-6-22-44/h1-42H/b37-35+,38-36?. The van der Waals surface area contributed by atoms with E-state index >= 15 is 0 Å². The summed E-state index contributed by atoms with van der Waals surface area (Å²) in [4.78, 5) is 0. The minimum absolute atomic E-state index is 1.18. The molecule has 298 valence electrons. The lowest BCUT2D eigenvalue weighted by molar-refractivity contribution is 1.63. The molecule has 12 rings (SSSR count). The van der Waals surface area contributed by atoms with Crippen LogP contribution in [0.5, 0.6) is 0 Å². The van der Waals surface area contributed by atoms with E-state index in [-0.39, 0.29) is 0 Å². The van der Waals surface area contributed by atoms with Gasteiger partial charge in [0.05, 0.1) is 0 Å². The fourth-order valence-corrected chi connectivity index (χ4v) is 10.2. The molecule has 0 aliphatic carbocycles. The van der Waals surface area contributed by atoms with E-state index in [1.54, 1.807) is 0 Å². The van der Waals surface area contributed by atoms with Gasteiger partial charge in [-0.25, -0.2) is 0 Å². The van der Waals surface area contributed by atoms with Gasteiger partial charge in [-0.2, -0.15) is 0 Å². The Morgan fingerprint density at radius 1 is 0.203 bits per heavy atom. The summed E-state index contributed by atoms with van der Waals surface area (Å²) >= 11 is 0. The molecule has 0 bridgehead atoms. The summed E-state index contributed by atoms with van der Waals surface area (Å²) in [6.45, 7) is 0. The molecule has 0 aliphatic heterocycles. The monoisotopic (exact) mass is 810 g/mol. The van der Waals surface area contributed by atoms with Crippen LogP contribution >= 0.6 is 0 Å². The lowest BCUT2D eigenvalue weighted by Crippen LogP contribution is -1.94. The molecule has 0 aliphatic rings. The first kappa shape index (κ1) is 37.4. The summed E-state index contributed by atoms with van der Waals surface area (Å²) in [6, 6.07) is 84.6. The van der Waals surface area contributed by atoms with Crippen LogP contribution in [0.15, 0.2) is 231 Å². The van der Waals surface area contributed by atoms with Crippen LogP contribution in [0, 0.1) is 0 Å². The van der Waals surface area contributed by atoms with Gasteiger partial charge in [0.25, 0.3) is 0 Å². The van der Waals surface area contributed by atoms with Gasteiger partial charge >= 0.3 is 0 Å². The van der Waals surface area contributed by atoms with E-state index in [4.69, 9.17) is 0 Å². The van der Waals surface area contributed by atoms with Gasteiger partial charge in [-0.15, -0.1) is 0 Å². The quantitative estimate of drug-likeness (QED) is 0.111. The molecule has 64 heavy (non-hydrogen) atoms. The molecule has 0 radical (unpaired) electrons. The van der Waals surface area contributed by atoms with E-state index < -0.39 is 0 Å². The molecule has 0 heterocycles. The first-order valence-electron chi connectivity index (χ1n) is 22.2. The van der Waals surface area contributed by atoms with Gasteiger partial charge in [0.2, 0.25) is 0 Å². The third-order valence-electron chi connectivity index (χ3n) is 13.0. The molecule has 0 N–H and O–H groups in total. The molecule has 0 amide bonds. The van der Waals surface area contributed by atoms with Crippen molar-refractivity contribution in [2.45, 2.75) is 0 Å². The maximum Gasteiger partial charge on any atom is -0.00259 e. The third kappa shape index (κ3) is 6.48. The maximum absolute atomic E-state index is 2.47. The molecule has 0 heteroatoms. The molecule has 12 aromatic carbocycles. The normalized spacial score (nSPS) is 11.9. The Morgan fingerprint density at radius 3 is 0.812 bits per heavy atom. The Kier molecular flexibility index (Phi) is 9.28. The minimum atomic E-state index is 1.18. The molecule has 12 aromatic rings. The zero-order valence-electron chi connectivity index (χ0n) is 35.2. The molecule has 0 nitrogen and oxygen atoms in total. The number of benzene rings is 12. The summed E-state index contributed by atoms with van der Waals surface area (Å²) in [5.74, 6) is 0. The molecular formula is C64H42. The Hall–Kier alpha value is -8.32. The van der Waals surface area contributed by atoms with Crippen LogP contribution in [0.3, 0.4) is 0 Å². The van der Waals surface area contributed by atoms with Gasteiger partial charge in [-0.1, -0.05) is 231 Å². The highest BCUT2D eigenvalue weighted by atomic mass is 14.2. The van der Waals surface area contributed by atoms with Crippen LogP contribution in [0.1, 0.15) is 22.3 Å². The van der Waals surface area contributed by atoms with E-state index in [9.17, 15) is 0 Å². The highest BCUT2D eigenvalue weighted by molar-refractivity contribution is 6.22. The fraction of sp³-hybridized carbons (Fsp3) is 0. The van der Waals surface area contributed by atoms with Gasteiger partial charge in [0.15, 0.2) is 0 Å². The summed E-state index contributed by atoms with van der Waals surface area (Å²) in [5.41, 5.74) is 12.1. The number of rotatable bonds is 7. The first-order valence-corrected chi connectivity index (χ1v) is 22.2. The van der Waals surface area contributed by atoms with Gasteiger partial charge in [0.1, 0.15) is 0 Å². The van der Waals surface area contributed by atoms with Crippen LogP contribution in [0.2, 0.25) is 0 Å². The van der Waals surface area contributed by atoms with Crippen molar-refractivity contribution in [1.29, 1.82) is 0 Å². The van der Waals surface area contributed by atoms with Crippen molar-refractivity contribution < 1.29 is 0 Å². The van der Waals surface area contributed by atoms with E-state index in [0.29, 0.717) is 0 Å². The average Bonchev–Trinajstić information content (AvgIpc) is 3.36. The predicted molar refractivity (Wildman–Crippen MR) is 279 cm³/mol. The van der Waals surface area contributed by atoms with Crippen molar-refractivity contribution >= 4 is 88.9 Å². The van der Waals surface area contributed by atoms with Gasteiger partial charge in [0, 0.05) is 0 Å². The Morgan fingerprint density at radius 2 is 0.469 bits per heavy atom. The van der Waals surface area contributed by atoms with Gasteiger partial charge < -0.3 is 0 Å². The van der Waals surface area contributed by atoms with E-state index in [0.717, 1.165) is 0 Å². The topological polar surface area (TPSA) is 0 Å². The summed E-state index contributed by atoms with van der Waals surface area (Å²) < 4.78 is 0. The molecule has 0 unspecified atom stereocenters. The number of hydrogen-bond donors (Lipinski definition) is 0. The molecule has 0 saturated carbocycles. The van der Waals surface area contributed by atoms with Crippen molar-refractivity contribution in [3.05, 3.63) is 253 Å². The Labute approximate surface area is 373 Å². The van der Waals surface area contributed by atoms with Crippen LogP contribution < -0.4 is 0 Å². The largest absolute Gasteiger partial charge is 0.0622 e. The molecule has 0 aromatic heterocycles. The van der Waals surface area contributed by atoms with E-state index in [2.05, 4.69) is 255 Å². The molecule has 0 saturated heterocycles. The van der Waals surface area contributed by atoms with Crippen molar-refractivity contribution in [3.8, 4) is 33.4 Å². The summed E-state index contributed by atoms with van der Waals surface area (Å²) in [7, 11) is 0. The van der Waals surface area contributed by atoms with Gasteiger partial charge in [-0.3, -0.25) is 0 Å². The number of fused-ring (bicyclic) bond motifs is 6. The molecule has 0 fully saturated rings. The van der Waals surface area contributed by atoms with E-state index in [1.165, 1.54) is 120 Å².